The SMILES string of the molecule is CCC(C)CCCNC.CCP(=O)(c1ccccc1)c1ccccc1. The van der Waals surface area contributed by atoms with Crippen LogP contribution in [-0.2, 0) is 4.57 Å². The molecule has 2 aromatic rings. The molecule has 1 atom stereocenters. The molecular formula is C22H34NOP. The van der Waals surface area contributed by atoms with E-state index in [9.17, 15) is 4.57 Å². The second-order valence-electron chi connectivity index (χ2n) is 6.49. The average molecular weight is 359 g/mol. The minimum Gasteiger partial charge on any atom is -0.320 e. The molecule has 0 bridgehead atoms. The van der Waals surface area contributed by atoms with Crippen molar-refractivity contribution in [3.05, 3.63) is 60.7 Å². The van der Waals surface area contributed by atoms with Gasteiger partial charge in [-0.1, -0.05) is 87.9 Å². The highest BCUT2D eigenvalue weighted by Crippen LogP contribution is 2.42. The van der Waals surface area contributed by atoms with Gasteiger partial charge in [-0.3, -0.25) is 0 Å². The second kappa shape index (κ2) is 12.1. The second-order valence-corrected chi connectivity index (χ2v) is 9.63. The van der Waals surface area contributed by atoms with E-state index in [0.717, 1.165) is 16.5 Å². The molecule has 2 rings (SSSR count). The standard InChI is InChI=1S/C14H15OP.C8H19N/c1-2-16(15,13-9-5-3-6-10-13)14-11-7-4-8-12-14;1-4-8(2)6-5-7-9-3/h3-12H,2H2,1H3;8-9H,4-7H2,1-3H3. The maximum atomic E-state index is 13.0. The number of benzene rings is 2. The summed E-state index contributed by atoms with van der Waals surface area (Å²) in [6, 6.07) is 19.5. The van der Waals surface area contributed by atoms with Gasteiger partial charge in [-0.05, 0) is 32.4 Å². The van der Waals surface area contributed by atoms with Crippen LogP contribution in [0.15, 0.2) is 60.7 Å². The summed E-state index contributed by atoms with van der Waals surface area (Å²) in [6.07, 6.45) is 4.69. The quantitative estimate of drug-likeness (QED) is 0.528. The third-order valence-corrected chi connectivity index (χ3v) is 7.77. The summed E-state index contributed by atoms with van der Waals surface area (Å²) in [6.45, 7) is 7.73. The molecule has 0 saturated carbocycles. The predicted octanol–water partition coefficient (Wildman–Crippen LogP) is 5.05. The summed E-state index contributed by atoms with van der Waals surface area (Å²) >= 11 is 0. The van der Waals surface area contributed by atoms with E-state index in [0.29, 0.717) is 6.16 Å². The van der Waals surface area contributed by atoms with Crippen molar-refractivity contribution in [1.29, 1.82) is 0 Å². The van der Waals surface area contributed by atoms with Crippen LogP contribution in [0, 0.1) is 5.92 Å². The van der Waals surface area contributed by atoms with Gasteiger partial charge in [0.25, 0.3) is 0 Å². The zero-order valence-electron chi connectivity index (χ0n) is 16.2. The van der Waals surface area contributed by atoms with Crippen molar-refractivity contribution in [3.63, 3.8) is 0 Å². The zero-order valence-corrected chi connectivity index (χ0v) is 17.1. The van der Waals surface area contributed by atoms with Gasteiger partial charge in [-0.15, -0.1) is 0 Å². The molecule has 0 spiro atoms. The molecule has 138 valence electrons. The van der Waals surface area contributed by atoms with E-state index in [2.05, 4.69) is 19.2 Å². The minimum atomic E-state index is -2.40. The van der Waals surface area contributed by atoms with Gasteiger partial charge in [0.2, 0.25) is 0 Å². The third-order valence-electron chi connectivity index (χ3n) is 4.61. The maximum absolute atomic E-state index is 13.0. The van der Waals surface area contributed by atoms with Crippen molar-refractivity contribution in [3.8, 4) is 0 Å². The Balaban J connectivity index is 0.000000299. The largest absolute Gasteiger partial charge is 0.320 e. The van der Waals surface area contributed by atoms with Gasteiger partial charge >= 0.3 is 0 Å². The molecule has 0 aliphatic heterocycles. The van der Waals surface area contributed by atoms with E-state index in [4.69, 9.17) is 0 Å². The van der Waals surface area contributed by atoms with Gasteiger partial charge in [-0.25, -0.2) is 0 Å². The third kappa shape index (κ3) is 7.18. The van der Waals surface area contributed by atoms with Crippen molar-refractivity contribution in [2.24, 2.45) is 5.92 Å². The number of nitrogens with one attached hydrogen (secondary N) is 1. The molecule has 0 fully saturated rings. The molecule has 25 heavy (non-hydrogen) atoms. The van der Waals surface area contributed by atoms with Gasteiger partial charge in [0.1, 0.15) is 7.14 Å². The minimum absolute atomic E-state index is 0.668. The normalized spacial score (nSPS) is 12.2. The molecule has 0 aliphatic rings. The summed E-state index contributed by atoms with van der Waals surface area (Å²) in [5.41, 5.74) is 0. The Morgan fingerprint density at radius 3 is 1.76 bits per heavy atom. The Morgan fingerprint density at radius 1 is 0.920 bits per heavy atom. The van der Waals surface area contributed by atoms with Crippen LogP contribution < -0.4 is 15.9 Å². The molecule has 1 N–H and O–H groups in total. The van der Waals surface area contributed by atoms with Gasteiger partial charge in [0.15, 0.2) is 0 Å². The fourth-order valence-electron chi connectivity index (χ4n) is 2.68. The first kappa shape index (κ1) is 21.7. The van der Waals surface area contributed by atoms with E-state index in [1.807, 2.05) is 74.6 Å². The molecule has 0 heterocycles. The van der Waals surface area contributed by atoms with E-state index in [1.54, 1.807) is 0 Å². The molecule has 1 unspecified atom stereocenters. The molecule has 2 nitrogen and oxygen atoms in total. The molecule has 2 aromatic carbocycles. The summed E-state index contributed by atoms with van der Waals surface area (Å²) in [5, 5.41) is 5.04. The Labute approximate surface area is 154 Å². The molecule has 0 saturated heterocycles. The Morgan fingerprint density at radius 2 is 1.40 bits per heavy atom. The highest BCUT2D eigenvalue weighted by molar-refractivity contribution is 7.78. The topological polar surface area (TPSA) is 29.1 Å². The first-order valence-electron chi connectivity index (χ1n) is 9.43. The molecule has 0 radical (unpaired) electrons. The van der Waals surface area contributed by atoms with E-state index in [1.165, 1.54) is 25.8 Å². The van der Waals surface area contributed by atoms with Crippen molar-refractivity contribution in [1.82, 2.24) is 5.32 Å². The van der Waals surface area contributed by atoms with Crippen molar-refractivity contribution < 1.29 is 4.57 Å². The molecule has 0 amide bonds. The van der Waals surface area contributed by atoms with Gasteiger partial charge in [-0.2, -0.15) is 0 Å². The van der Waals surface area contributed by atoms with Crippen LogP contribution >= 0.6 is 7.14 Å². The number of hydrogen-bond donors (Lipinski definition) is 1. The van der Waals surface area contributed by atoms with Gasteiger partial charge < -0.3 is 9.88 Å². The summed E-state index contributed by atoms with van der Waals surface area (Å²) < 4.78 is 13.0. The monoisotopic (exact) mass is 359 g/mol. The average Bonchev–Trinajstić information content (AvgIpc) is 2.69. The summed E-state index contributed by atoms with van der Waals surface area (Å²) in [7, 11) is -0.394. The van der Waals surface area contributed by atoms with Crippen LogP contribution in [0.25, 0.3) is 0 Å². The number of rotatable bonds is 8. The summed E-state index contributed by atoms with van der Waals surface area (Å²) in [5.74, 6) is 0.915. The van der Waals surface area contributed by atoms with Crippen LogP contribution in [0.4, 0.5) is 0 Å². The highest BCUT2D eigenvalue weighted by Gasteiger charge is 2.23. The first-order valence-corrected chi connectivity index (χ1v) is 11.3. The maximum Gasteiger partial charge on any atom is 0.142 e. The molecule has 0 aromatic heterocycles. The lowest BCUT2D eigenvalue weighted by atomic mass is 10.0. The molecular weight excluding hydrogens is 325 g/mol. The Bertz CT molecular complexity index is 569. The Kier molecular flexibility index (Phi) is 10.5. The van der Waals surface area contributed by atoms with E-state index >= 15 is 0 Å². The number of hydrogen-bond acceptors (Lipinski definition) is 2. The first-order chi connectivity index (χ1) is 12.1. The van der Waals surface area contributed by atoms with E-state index in [-0.39, 0.29) is 0 Å². The van der Waals surface area contributed by atoms with Crippen molar-refractivity contribution >= 4 is 17.8 Å². The van der Waals surface area contributed by atoms with Crippen LogP contribution in [0.1, 0.15) is 40.0 Å². The van der Waals surface area contributed by atoms with Crippen LogP contribution in [0.2, 0.25) is 0 Å². The molecule has 0 aliphatic carbocycles. The highest BCUT2D eigenvalue weighted by atomic mass is 31.2. The Hall–Kier alpha value is -1.37. The van der Waals surface area contributed by atoms with Crippen LogP contribution in [-0.4, -0.2) is 19.8 Å². The lowest BCUT2D eigenvalue weighted by Crippen LogP contribution is -2.17. The van der Waals surface area contributed by atoms with Gasteiger partial charge in [0, 0.05) is 16.8 Å². The van der Waals surface area contributed by atoms with Crippen LogP contribution in [0.5, 0.6) is 0 Å². The van der Waals surface area contributed by atoms with Gasteiger partial charge in [0.05, 0.1) is 0 Å². The smallest absolute Gasteiger partial charge is 0.142 e. The van der Waals surface area contributed by atoms with Crippen molar-refractivity contribution in [2.75, 3.05) is 19.8 Å². The van der Waals surface area contributed by atoms with Crippen LogP contribution in [0.3, 0.4) is 0 Å². The zero-order chi connectivity index (χ0) is 18.5. The van der Waals surface area contributed by atoms with Crippen molar-refractivity contribution in [2.45, 2.75) is 40.0 Å². The lowest BCUT2D eigenvalue weighted by Gasteiger charge is -2.16. The van der Waals surface area contributed by atoms with E-state index < -0.39 is 7.14 Å². The lowest BCUT2D eigenvalue weighted by molar-refractivity contribution is 0.489. The fourth-order valence-corrected chi connectivity index (χ4v) is 5.02. The fraction of sp³-hybridized carbons (Fsp3) is 0.455. The summed E-state index contributed by atoms with van der Waals surface area (Å²) in [4.78, 5) is 0. The predicted molar refractivity (Wildman–Crippen MR) is 113 cm³/mol. The molecule has 3 heteroatoms.